The standard InChI is InChI=1S/C29H32N4O4S/c1-4-8-22-9-6-12-27(28(22)30-3)38(35,36)31-24-15-13-23(14-16-24)29(34)33-19-17-32(18-20-33)25-10-7-11-26(21-25)37-5-2/h4,6-16,21,31H,3,5,17-20H2,1-2H3/b8-4-. The van der Waals surface area contributed by atoms with E-state index >= 15 is 0 Å². The molecule has 9 heteroatoms. The first-order valence-electron chi connectivity index (χ1n) is 12.5. The fourth-order valence-electron chi connectivity index (χ4n) is 4.42. The number of allylic oxidation sites excluding steroid dienone is 1. The normalized spacial score (nSPS) is 13.9. The second kappa shape index (κ2) is 12.0. The number of nitrogens with one attached hydrogen (secondary N) is 1. The van der Waals surface area contributed by atoms with Crippen molar-refractivity contribution in [3.63, 3.8) is 0 Å². The average Bonchev–Trinajstić information content (AvgIpc) is 2.93. The fourth-order valence-corrected chi connectivity index (χ4v) is 5.67. The number of aliphatic imine (C=N–C) groups is 1. The molecule has 38 heavy (non-hydrogen) atoms. The molecule has 1 heterocycles. The van der Waals surface area contributed by atoms with Gasteiger partial charge in [0.15, 0.2) is 0 Å². The van der Waals surface area contributed by atoms with Crippen molar-refractivity contribution in [2.45, 2.75) is 18.7 Å². The monoisotopic (exact) mass is 532 g/mol. The SMILES string of the molecule is C=Nc1c(/C=C\C)cccc1S(=O)(=O)Nc1ccc(C(=O)N2CCN(c3cccc(OCC)c3)CC2)cc1. The Bertz CT molecular complexity index is 1430. The van der Waals surface area contributed by atoms with Crippen LogP contribution in [0.4, 0.5) is 17.1 Å². The molecule has 0 atom stereocenters. The zero-order chi connectivity index (χ0) is 27.1. The van der Waals surface area contributed by atoms with Crippen LogP contribution >= 0.6 is 0 Å². The van der Waals surface area contributed by atoms with Gasteiger partial charge in [0, 0.05) is 54.7 Å². The van der Waals surface area contributed by atoms with Crippen molar-refractivity contribution in [3.8, 4) is 5.75 Å². The number of benzene rings is 3. The van der Waals surface area contributed by atoms with Crippen LogP contribution in [0.15, 0.2) is 82.7 Å². The zero-order valence-corrected chi connectivity index (χ0v) is 22.4. The Morgan fingerprint density at radius 3 is 2.42 bits per heavy atom. The molecule has 1 N–H and O–H groups in total. The minimum absolute atomic E-state index is 0.0351. The fraction of sp³-hybridized carbons (Fsp3) is 0.241. The van der Waals surface area contributed by atoms with Gasteiger partial charge in [0.1, 0.15) is 10.6 Å². The van der Waals surface area contributed by atoms with Gasteiger partial charge < -0.3 is 14.5 Å². The molecule has 0 bridgehead atoms. The smallest absolute Gasteiger partial charge is 0.264 e. The summed E-state index contributed by atoms with van der Waals surface area (Å²) in [6.45, 7) is 10.6. The summed E-state index contributed by atoms with van der Waals surface area (Å²) >= 11 is 0. The number of rotatable bonds is 9. The van der Waals surface area contributed by atoms with Gasteiger partial charge in [-0.25, -0.2) is 8.42 Å². The summed E-state index contributed by atoms with van der Waals surface area (Å²) in [5.41, 5.74) is 2.88. The molecule has 3 aromatic carbocycles. The molecule has 198 valence electrons. The molecule has 3 aromatic rings. The van der Waals surface area contributed by atoms with E-state index in [9.17, 15) is 13.2 Å². The molecule has 0 spiro atoms. The number of hydrogen-bond donors (Lipinski definition) is 1. The van der Waals surface area contributed by atoms with E-state index in [1.54, 1.807) is 42.5 Å². The maximum atomic E-state index is 13.1. The summed E-state index contributed by atoms with van der Waals surface area (Å²) < 4.78 is 34.4. The number of carbonyl (C=O) groups is 1. The highest BCUT2D eigenvalue weighted by Gasteiger charge is 2.24. The summed E-state index contributed by atoms with van der Waals surface area (Å²) in [5.74, 6) is 0.751. The summed E-state index contributed by atoms with van der Waals surface area (Å²) in [5, 5.41) is 0. The van der Waals surface area contributed by atoms with E-state index in [1.807, 2.05) is 49.1 Å². The average molecular weight is 533 g/mol. The number of sulfonamides is 1. The van der Waals surface area contributed by atoms with E-state index in [0.29, 0.717) is 49.6 Å². The number of amides is 1. The first-order valence-corrected chi connectivity index (χ1v) is 14.0. The van der Waals surface area contributed by atoms with Crippen molar-refractivity contribution in [1.29, 1.82) is 0 Å². The summed E-state index contributed by atoms with van der Waals surface area (Å²) in [7, 11) is -3.92. The third-order valence-electron chi connectivity index (χ3n) is 6.27. The number of ether oxygens (including phenoxy) is 1. The van der Waals surface area contributed by atoms with Crippen LogP contribution in [-0.4, -0.2) is 58.7 Å². The van der Waals surface area contributed by atoms with Crippen LogP contribution in [0.2, 0.25) is 0 Å². The van der Waals surface area contributed by atoms with Gasteiger partial charge in [-0.15, -0.1) is 0 Å². The van der Waals surface area contributed by atoms with Gasteiger partial charge in [-0.3, -0.25) is 14.5 Å². The molecule has 1 aliphatic rings. The van der Waals surface area contributed by atoms with Crippen molar-refractivity contribution in [3.05, 3.63) is 83.9 Å². The van der Waals surface area contributed by atoms with Crippen LogP contribution in [0.5, 0.6) is 5.75 Å². The lowest BCUT2D eigenvalue weighted by Crippen LogP contribution is -2.48. The number of piperazine rings is 1. The first kappa shape index (κ1) is 26.9. The second-order valence-corrected chi connectivity index (χ2v) is 10.4. The second-order valence-electron chi connectivity index (χ2n) is 8.74. The summed E-state index contributed by atoms with van der Waals surface area (Å²) in [6.07, 6.45) is 3.59. The van der Waals surface area contributed by atoms with Crippen molar-refractivity contribution >= 4 is 45.8 Å². The van der Waals surface area contributed by atoms with Gasteiger partial charge in [0.25, 0.3) is 15.9 Å². The highest BCUT2D eigenvalue weighted by molar-refractivity contribution is 7.92. The number of para-hydroxylation sites is 1. The largest absolute Gasteiger partial charge is 0.494 e. The molecule has 4 rings (SSSR count). The van der Waals surface area contributed by atoms with Gasteiger partial charge in [-0.2, -0.15) is 0 Å². The maximum absolute atomic E-state index is 13.1. The van der Waals surface area contributed by atoms with E-state index < -0.39 is 10.0 Å². The lowest BCUT2D eigenvalue weighted by molar-refractivity contribution is 0.0746. The first-order chi connectivity index (χ1) is 18.4. The van der Waals surface area contributed by atoms with Gasteiger partial charge in [0.05, 0.1) is 12.3 Å². The third kappa shape index (κ3) is 6.06. The third-order valence-corrected chi connectivity index (χ3v) is 7.68. The highest BCUT2D eigenvalue weighted by Crippen LogP contribution is 2.31. The van der Waals surface area contributed by atoms with Gasteiger partial charge in [-0.1, -0.05) is 30.4 Å². The van der Waals surface area contributed by atoms with E-state index in [2.05, 4.69) is 21.3 Å². The lowest BCUT2D eigenvalue weighted by atomic mass is 10.1. The molecule has 0 aromatic heterocycles. The van der Waals surface area contributed by atoms with Crippen LogP contribution in [0.1, 0.15) is 29.8 Å². The Labute approximate surface area is 224 Å². The quantitative estimate of drug-likeness (QED) is 0.382. The Balaban J connectivity index is 1.41. The molecule has 1 saturated heterocycles. The van der Waals surface area contributed by atoms with Crippen LogP contribution in [-0.2, 0) is 10.0 Å². The van der Waals surface area contributed by atoms with E-state index in [0.717, 1.165) is 11.4 Å². The minimum atomic E-state index is -3.92. The van der Waals surface area contributed by atoms with Crippen molar-refractivity contribution < 1.29 is 17.9 Å². The van der Waals surface area contributed by atoms with Gasteiger partial charge in [-0.05, 0) is 63.0 Å². The Morgan fingerprint density at radius 1 is 1.05 bits per heavy atom. The molecule has 0 aliphatic carbocycles. The van der Waals surface area contributed by atoms with Crippen LogP contribution in [0, 0.1) is 0 Å². The van der Waals surface area contributed by atoms with Crippen LogP contribution < -0.4 is 14.4 Å². The molecule has 1 amide bonds. The molecule has 0 saturated carbocycles. The van der Waals surface area contributed by atoms with Crippen LogP contribution in [0.3, 0.4) is 0 Å². The summed E-state index contributed by atoms with van der Waals surface area (Å²) in [4.78, 5) is 21.1. The molecular formula is C29H32N4O4S. The predicted octanol–water partition coefficient (Wildman–Crippen LogP) is 5.21. The number of carbonyl (C=O) groups excluding carboxylic acids is 1. The Hall–Kier alpha value is -4.11. The van der Waals surface area contributed by atoms with Crippen molar-refractivity contribution in [2.75, 3.05) is 42.4 Å². The van der Waals surface area contributed by atoms with E-state index in [1.165, 1.54) is 6.07 Å². The summed E-state index contributed by atoms with van der Waals surface area (Å²) in [6, 6.07) is 19.4. The molecule has 1 aliphatic heterocycles. The Kier molecular flexibility index (Phi) is 8.48. The molecule has 0 radical (unpaired) electrons. The van der Waals surface area contributed by atoms with Crippen LogP contribution in [0.25, 0.3) is 6.08 Å². The molecule has 1 fully saturated rings. The zero-order valence-electron chi connectivity index (χ0n) is 21.6. The maximum Gasteiger partial charge on any atom is 0.264 e. The lowest BCUT2D eigenvalue weighted by Gasteiger charge is -2.36. The van der Waals surface area contributed by atoms with E-state index in [-0.39, 0.29) is 16.5 Å². The minimum Gasteiger partial charge on any atom is -0.494 e. The van der Waals surface area contributed by atoms with Crippen molar-refractivity contribution in [1.82, 2.24) is 4.90 Å². The Morgan fingerprint density at radius 2 is 1.76 bits per heavy atom. The van der Waals surface area contributed by atoms with E-state index in [4.69, 9.17) is 4.74 Å². The molecular weight excluding hydrogens is 500 g/mol. The number of anilines is 2. The molecule has 8 nitrogen and oxygen atoms in total. The van der Waals surface area contributed by atoms with Crippen molar-refractivity contribution in [2.24, 2.45) is 4.99 Å². The number of nitrogens with zero attached hydrogens (tertiary/aromatic N) is 3. The predicted molar refractivity (Wildman–Crippen MR) is 153 cm³/mol. The van der Waals surface area contributed by atoms with Gasteiger partial charge in [0.2, 0.25) is 0 Å². The number of hydrogen-bond acceptors (Lipinski definition) is 6. The highest BCUT2D eigenvalue weighted by atomic mass is 32.2. The molecule has 0 unspecified atom stereocenters. The topological polar surface area (TPSA) is 91.3 Å². The van der Waals surface area contributed by atoms with Gasteiger partial charge >= 0.3 is 0 Å².